The van der Waals surface area contributed by atoms with E-state index in [1.165, 1.54) is 12.1 Å². The number of carbonyl (C=O) groups excluding carboxylic acids is 2. The molecular weight excluding hydrogens is 933 g/mol. The van der Waals surface area contributed by atoms with Gasteiger partial charge < -0.3 is 43.6 Å². The van der Waals surface area contributed by atoms with Gasteiger partial charge in [-0.1, -0.05) is 48.3 Å². The van der Waals surface area contributed by atoms with Crippen LogP contribution in [0.15, 0.2) is 139 Å². The van der Waals surface area contributed by atoms with Crippen molar-refractivity contribution in [3.05, 3.63) is 177 Å². The Kier molecular flexibility index (Phi) is 15.6. The van der Waals surface area contributed by atoms with Crippen molar-refractivity contribution in [3.63, 3.8) is 0 Å². The predicted octanol–water partition coefficient (Wildman–Crippen LogP) is 9.98. The van der Waals surface area contributed by atoms with Gasteiger partial charge in [0.2, 0.25) is 12.6 Å². The van der Waals surface area contributed by atoms with Gasteiger partial charge in [0.25, 0.3) is 11.6 Å². The largest absolute Gasteiger partial charge is 0.459 e. The van der Waals surface area contributed by atoms with E-state index >= 15 is 4.79 Å². The lowest BCUT2D eigenvalue weighted by atomic mass is 9.55. The zero-order chi connectivity index (χ0) is 50.9. The van der Waals surface area contributed by atoms with Crippen LogP contribution >= 0.6 is 0 Å². The smallest absolute Gasteiger partial charge is 0.269 e. The number of aliphatic hydroxyl groups excluding tert-OH is 2. The first-order chi connectivity index (χ1) is 35.7. The van der Waals surface area contributed by atoms with Crippen LogP contribution in [0.2, 0.25) is 0 Å². The van der Waals surface area contributed by atoms with Crippen LogP contribution in [0.5, 0.6) is 28.7 Å². The molecule has 1 fully saturated rings. The van der Waals surface area contributed by atoms with E-state index in [-0.39, 0.29) is 69.6 Å². The van der Waals surface area contributed by atoms with Crippen LogP contribution in [-0.2, 0) is 22.7 Å². The van der Waals surface area contributed by atoms with Gasteiger partial charge >= 0.3 is 0 Å². The third-order valence-corrected chi connectivity index (χ3v) is 14.1. The number of nitriles is 1. The molecule has 2 heterocycles. The zero-order valence-electron chi connectivity index (χ0n) is 40.2. The second-order valence-corrected chi connectivity index (χ2v) is 18.6. The number of oxime groups is 1. The summed E-state index contributed by atoms with van der Waals surface area (Å²) in [6.45, 7) is 4.20. The average Bonchev–Trinajstić information content (AvgIpc) is 3.89. The fraction of sp³-hybridized carbons (Fsp3) is 0.333. The summed E-state index contributed by atoms with van der Waals surface area (Å²) < 4.78 is 32.6. The number of aliphatic hydroxyl groups is 2. The maximum Gasteiger partial charge on any atom is 0.269 e. The Labute approximate surface area is 422 Å². The number of unbranched alkanes of at least 4 members (excludes halogenated alkanes) is 2. The number of allylic oxidation sites excluding steroid dienone is 1. The lowest BCUT2D eigenvalue weighted by Crippen LogP contribution is -2.70. The maximum atomic E-state index is 15.6. The number of hydrogen-bond acceptors (Lipinski definition) is 14. The van der Waals surface area contributed by atoms with Gasteiger partial charge in [0.15, 0.2) is 11.5 Å². The molecule has 5 aromatic rings. The molecule has 9 rings (SSSR count). The molecule has 0 bridgehead atoms. The predicted molar refractivity (Wildman–Crippen MR) is 268 cm³/mol. The fourth-order valence-electron chi connectivity index (χ4n) is 10.8. The van der Waals surface area contributed by atoms with E-state index in [9.17, 15) is 30.4 Å². The number of amides is 1. The normalized spacial score (nSPS) is 21.6. The summed E-state index contributed by atoms with van der Waals surface area (Å²) in [5.74, 6) is -0.656. The molecule has 6 atom stereocenters. The van der Waals surface area contributed by atoms with Crippen molar-refractivity contribution in [1.29, 1.82) is 5.26 Å². The number of non-ortho nitro benzene ring substituents is 1. The first kappa shape index (κ1) is 50.1. The van der Waals surface area contributed by atoms with E-state index in [1.807, 2.05) is 24.3 Å². The van der Waals surface area contributed by atoms with E-state index in [1.54, 1.807) is 83.8 Å². The van der Waals surface area contributed by atoms with E-state index in [0.29, 0.717) is 82.4 Å². The summed E-state index contributed by atoms with van der Waals surface area (Å²) in [6, 6.07) is 31.7. The summed E-state index contributed by atoms with van der Waals surface area (Å²) in [7, 11) is 0. The highest BCUT2D eigenvalue weighted by molar-refractivity contribution is 6.03. The topological polar surface area (TPSA) is 213 Å². The van der Waals surface area contributed by atoms with Gasteiger partial charge in [-0.25, -0.2) is 0 Å². The Morgan fingerprint density at radius 2 is 1.64 bits per heavy atom. The van der Waals surface area contributed by atoms with Gasteiger partial charge in [-0.2, -0.15) is 5.26 Å². The molecule has 0 radical (unpaired) electrons. The Morgan fingerprint density at radius 1 is 0.904 bits per heavy atom. The lowest BCUT2D eigenvalue weighted by Gasteiger charge is -2.60. The van der Waals surface area contributed by atoms with Crippen LogP contribution in [0.3, 0.4) is 0 Å². The standard InChI is InChI=1S/C57H56N4O12/c1-2-26-70-57-53(60(56(65)41-17-12-37(32-58)13-18-41)33-39-16-22-51-52(28-39)69-36-68-51)31-49(59-71-35-38-14-19-43(20-15-38)61(66)67)47-29-42(9-3-5-24-62)46(11-4-6-25-63)54(55(47)57)48-30-45(21-23-50(48)73-57)72-44-10-7-8-40(27-44)34-64/h2,7-8,10,12-23,27-30,34,42,46,53-55,62-63H,1,3-6,9,11,24-26,31,33,35-36H2. The third kappa shape index (κ3) is 10.7. The molecule has 16 heteroatoms. The summed E-state index contributed by atoms with van der Waals surface area (Å²) >= 11 is 0. The summed E-state index contributed by atoms with van der Waals surface area (Å²) in [6.07, 6.45) is 8.72. The van der Waals surface area contributed by atoms with Crippen LogP contribution in [0.4, 0.5) is 5.69 Å². The second kappa shape index (κ2) is 22.7. The molecule has 16 nitrogen and oxygen atoms in total. The summed E-state index contributed by atoms with van der Waals surface area (Å²) in [5.41, 5.74) is 4.62. The lowest BCUT2D eigenvalue weighted by molar-refractivity contribution is -0.384. The van der Waals surface area contributed by atoms with Gasteiger partial charge in [-0.3, -0.25) is 19.7 Å². The molecule has 0 spiro atoms. The van der Waals surface area contributed by atoms with Gasteiger partial charge in [-0.15, -0.1) is 6.58 Å². The first-order valence-electron chi connectivity index (χ1n) is 24.5. The van der Waals surface area contributed by atoms with Crippen molar-refractivity contribution in [3.8, 4) is 34.8 Å². The van der Waals surface area contributed by atoms with Crippen LogP contribution in [0.25, 0.3) is 0 Å². The van der Waals surface area contributed by atoms with Crippen molar-refractivity contribution < 1.29 is 53.2 Å². The molecule has 376 valence electrons. The van der Waals surface area contributed by atoms with Crippen LogP contribution in [0.1, 0.15) is 93.8 Å². The Balaban J connectivity index is 1.26. The number of hydrogen-bond donors (Lipinski definition) is 2. The van der Waals surface area contributed by atoms with Crippen LogP contribution in [0, 0.1) is 39.2 Å². The molecular formula is C57H56N4O12. The minimum atomic E-state index is -1.63. The highest BCUT2D eigenvalue weighted by Gasteiger charge is 2.65. The maximum absolute atomic E-state index is 15.6. The van der Waals surface area contributed by atoms with Gasteiger partial charge in [0.1, 0.15) is 36.2 Å². The zero-order valence-corrected chi connectivity index (χ0v) is 40.2. The average molecular weight is 989 g/mol. The SMILES string of the molecule is C=CCOC12Oc3ccc(Oc4cccc(C=O)c4)cc3C3C(CCCCO)C(CCCCO)C=C(C(=NOCc4ccc([N+](=O)[O-])cc4)CC1N(Cc1ccc4c(c1)OCO4)C(=O)c1ccc(C#N)cc1)C32. The number of fused-ring (bicyclic) bond motifs is 3. The van der Waals surface area contributed by atoms with Crippen molar-refractivity contribution in [2.75, 3.05) is 26.6 Å². The van der Waals surface area contributed by atoms with Crippen molar-refractivity contribution in [2.24, 2.45) is 22.9 Å². The molecule has 4 aliphatic rings. The number of nitrogens with zero attached hydrogens (tertiary/aromatic N) is 4. The number of nitro benzene ring substituents is 1. The van der Waals surface area contributed by atoms with E-state index in [0.717, 1.165) is 35.8 Å². The van der Waals surface area contributed by atoms with Crippen molar-refractivity contribution in [1.82, 2.24) is 4.90 Å². The van der Waals surface area contributed by atoms with Crippen LogP contribution < -0.4 is 18.9 Å². The quantitative estimate of drug-likeness (QED) is 0.0218. The number of rotatable bonds is 22. The Hall–Kier alpha value is -7.84. The van der Waals surface area contributed by atoms with Crippen molar-refractivity contribution in [2.45, 2.75) is 75.8 Å². The number of nitro groups is 1. The minimum Gasteiger partial charge on any atom is -0.459 e. The van der Waals surface area contributed by atoms with Gasteiger partial charge in [0, 0.05) is 60.9 Å². The summed E-state index contributed by atoms with van der Waals surface area (Å²) in [5, 5.41) is 46.3. The highest BCUT2D eigenvalue weighted by Crippen LogP contribution is 2.62. The minimum absolute atomic E-state index is 0.0122. The molecule has 1 saturated carbocycles. The molecule has 2 aliphatic carbocycles. The van der Waals surface area contributed by atoms with Crippen LogP contribution in [-0.4, -0.2) is 76.4 Å². The second-order valence-electron chi connectivity index (χ2n) is 18.6. The van der Waals surface area contributed by atoms with E-state index < -0.39 is 28.6 Å². The molecule has 73 heavy (non-hydrogen) atoms. The molecule has 2 aliphatic heterocycles. The molecule has 0 saturated heterocycles. The number of ether oxygens (including phenoxy) is 5. The molecule has 2 N–H and O–H groups in total. The summed E-state index contributed by atoms with van der Waals surface area (Å²) in [4.78, 5) is 46.4. The number of benzene rings is 5. The van der Waals surface area contributed by atoms with E-state index in [4.69, 9.17) is 33.7 Å². The molecule has 1 amide bonds. The van der Waals surface area contributed by atoms with Gasteiger partial charge in [-0.05, 0) is 133 Å². The van der Waals surface area contributed by atoms with E-state index in [2.05, 4.69) is 18.7 Å². The molecule has 0 aromatic heterocycles. The Morgan fingerprint density at radius 3 is 2.38 bits per heavy atom. The highest BCUT2D eigenvalue weighted by atomic mass is 16.7. The molecule has 6 unspecified atom stereocenters. The fourth-order valence-corrected chi connectivity index (χ4v) is 10.8. The Bertz CT molecular complexity index is 2930. The monoisotopic (exact) mass is 988 g/mol. The number of aldehydes is 1. The first-order valence-corrected chi connectivity index (χ1v) is 24.5. The van der Waals surface area contributed by atoms with Crippen molar-refractivity contribution >= 4 is 23.6 Å². The molecule has 5 aromatic carbocycles. The third-order valence-electron chi connectivity index (χ3n) is 14.1. The van der Waals surface area contributed by atoms with Gasteiger partial charge in [0.05, 0.1) is 34.8 Å². The number of carbonyl (C=O) groups is 2.